The molecule has 0 aliphatic heterocycles. The van der Waals surface area contributed by atoms with Crippen LogP contribution in [0.1, 0.15) is 46.1 Å². The smallest absolute Gasteiger partial charge is 0.344 e. The van der Waals surface area contributed by atoms with E-state index in [1.54, 1.807) is 6.07 Å². The van der Waals surface area contributed by atoms with Gasteiger partial charge in [-0.2, -0.15) is 5.26 Å². The lowest BCUT2D eigenvalue weighted by atomic mass is 9.99. The van der Waals surface area contributed by atoms with E-state index in [0.29, 0.717) is 24.1 Å². The summed E-state index contributed by atoms with van der Waals surface area (Å²) < 4.78 is 5.39. The van der Waals surface area contributed by atoms with Crippen LogP contribution in [0, 0.1) is 18.3 Å². The van der Waals surface area contributed by atoms with Gasteiger partial charge in [-0.15, -0.1) is 0 Å². The first-order valence-corrected chi connectivity index (χ1v) is 9.66. The van der Waals surface area contributed by atoms with Gasteiger partial charge in [-0.05, 0) is 36.1 Å². The average molecular weight is 402 g/mol. The Morgan fingerprint density at radius 3 is 2.53 bits per heavy atom. The van der Waals surface area contributed by atoms with Gasteiger partial charge in [0, 0.05) is 5.69 Å². The Labute approximate surface area is 174 Å². The zero-order valence-corrected chi connectivity index (χ0v) is 16.9. The fraction of sp³-hybridized carbons (Fsp3) is 0.208. The maximum Gasteiger partial charge on any atom is 0.344 e. The molecule has 0 fully saturated rings. The molecule has 30 heavy (non-hydrogen) atoms. The number of H-pyrrole nitrogens is 1. The number of aromatic nitrogens is 1. The molecule has 6 heteroatoms. The lowest BCUT2D eigenvalue weighted by Crippen LogP contribution is -2.19. The van der Waals surface area contributed by atoms with Crippen LogP contribution in [-0.2, 0) is 17.8 Å². The second-order valence-corrected chi connectivity index (χ2v) is 6.96. The fourth-order valence-corrected chi connectivity index (χ4v) is 3.22. The summed E-state index contributed by atoms with van der Waals surface area (Å²) >= 11 is 0. The minimum atomic E-state index is -0.686. The molecule has 6 nitrogen and oxygen atoms in total. The van der Waals surface area contributed by atoms with Crippen LogP contribution in [0.4, 0.5) is 0 Å². The summed E-state index contributed by atoms with van der Waals surface area (Å²) in [5, 5.41) is 19.6. The van der Waals surface area contributed by atoms with Gasteiger partial charge in [0.05, 0.1) is 17.2 Å². The first-order chi connectivity index (χ1) is 14.5. The van der Waals surface area contributed by atoms with Crippen LogP contribution in [-0.4, -0.2) is 16.1 Å². The van der Waals surface area contributed by atoms with E-state index < -0.39 is 11.5 Å². The minimum Gasteiger partial charge on any atom is -0.506 e. The Bertz CT molecular complexity index is 1170. The van der Waals surface area contributed by atoms with E-state index in [0.717, 1.165) is 16.7 Å². The molecule has 0 radical (unpaired) electrons. The predicted octanol–water partition coefficient (Wildman–Crippen LogP) is 4.24. The average Bonchev–Trinajstić information content (AvgIpc) is 2.76. The summed E-state index contributed by atoms with van der Waals surface area (Å²) in [6.45, 7) is 3.39. The normalized spacial score (nSPS) is 10.4. The molecule has 2 N–H and O–H groups in total. The van der Waals surface area contributed by atoms with Gasteiger partial charge >= 0.3 is 5.97 Å². The van der Waals surface area contributed by atoms with Crippen molar-refractivity contribution in [3.63, 3.8) is 0 Å². The second-order valence-electron chi connectivity index (χ2n) is 6.96. The van der Waals surface area contributed by atoms with E-state index in [9.17, 15) is 20.0 Å². The molecule has 0 unspecified atom stereocenters. The van der Waals surface area contributed by atoms with E-state index in [1.165, 1.54) is 6.92 Å². The highest BCUT2D eigenvalue weighted by molar-refractivity contribution is 5.94. The van der Waals surface area contributed by atoms with E-state index in [2.05, 4.69) is 11.1 Å². The van der Waals surface area contributed by atoms with Gasteiger partial charge in [-0.3, -0.25) is 4.79 Å². The summed E-state index contributed by atoms with van der Waals surface area (Å²) in [5.41, 5.74) is 3.13. The molecule has 0 amide bonds. The molecule has 0 spiro atoms. The number of aryl methyl sites for hydroxylation is 1. The van der Waals surface area contributed by atoms with Crippen LogP contribution < -0.4 is 5.56 Å². The summed E-state index contributed by atoms with van der Waals surface area (Å²) in [4.78, 5) is 27.2. The molecule has 1 aromatic heterocycles. The standard InChI is InChI=1S/C24H22N2O4/c1-3-6-20-21(22(27)15(2)23(28)26-20)24(29)30-14-16-9-11-17(12-10-16)19-8-5-4-7-18(19)13-25/h4-5,7-12H,3,6,14H2,1-2H3,(H2,26,27,28). The number of nitrogens with one attached hydrogen (secondary N) is 1. The largest absolute Gasteiger partial charge is 0.506 e. The molecule has 0 bridgehead atoms. The highest BCUT2D eigenvalue weighted by Crippen LogP contribution is 2.25. The third-order valence-corrected chi connectivity index (χ3v) is 4.89. The zero-order valence-electron chi connectivity index (χ0n) is 16.9. The molecule has 152 valence electrons. The van der Waals surface area contributed by atoms with E-state index in [1.807, 2.05) is 49.4 Å². The van der Waals surface area contributed by atoms with Crippen LogP contribution in [0.3, 0.4) is 0 Å². The Morgan fingerprint density at radius 2 is 1.87 bits per heavy atom. The third-order valence-electron chi connectivity index (χ3n) is 4.89. The Kier molecular flexibility index (Phi) is 6.33. The second kappa shape index (κ2) is 9.10. The molecule has 3 rings (SSSR count). The number of benzene rings is 2. The van der Waals surface area contributed by atoms with Crippen LogP contribution in [0.5, 0.6) is 5.75 Å². The molecule has 0 aliphatic carbocycles. The zero-order chi connectivity index (χ0) is 21.7. The number of hydrogen-bond acceptors (Lipinski definition) is 5. The first-order valence-electron chi connectivity index (χ1n) is 9.66. The van der Waals surface area contributed by atoms with Crippen LogP contribution in [0.25, 0.3) is 11.1 Å². The minimum absolute atomic E-state index is 0.00789. The van der Waals surface area contributed by atoms with E-state index in [4.69, 9.17) is 4.74 Å². The number of pyridine rings is 1. The van der Waals surface area contributed by atoms with Gasteiger partial charge in [-0.25, -0.2) is 4.79 Å². The van der Waals surface area contributed by atoms with Gasteiger partial charge < -0.3 is 14.8 Å². The topological polar surface area (TPSA) is 103 Å². The summed E-state index contributed by atoms with van der Waals surface area (Å²) in [6, 6.07) is 16.9. The van der Waals surface area contributed by atoms with E-state index >= 15 is 0 Å². The molecule has 3 aromatic rings. The highest BCUT2D eigenvalue weighted by atomic mass is 16.5. The lowest BCUT2D eigenvalue weighted by Gasteiger charge is -2.12. The molecular weight excluding hydrogens is 380 g/mol. The molecule has 0 aliphatic rings. The predicted molar refractivity (Wildman–Crippen MR) is 113 cm³/mol. The van der Waals surface area contributed by atoms with Gasteiger partial charge in [-0.1, -0.05) is 55.8 Å². The lowest BCUT2D eigenvalue weighted by molar-refractivity contribution is 0.0467. The molecule has 0 saturated heterocycles. The van der Waals surface area contributed by atoms with Crippen molar-refractivity contribution in [3.05, 3.63) is 86.8 Å². The first kappa shape index (κ1) is 20.9. The molecule has 2 aromatic carbocycles. The number of esters is 1. The molecular formula is C24H22N2O4. The Balaban J connectivity index is 1.78. The number of carbonyl (C=O) groups is 1. The van der Waals surface area contributed by atoms with Crippen molar-refractivity contribution >= 4 is 5.97 Å². The molecule has 0 saturated carbocycles. The number of ether oxygens (including phenoxy) is 1. The summed E-state index contributed by atoms with van der Waals surface area (Å²) in [7, 11) is 0. The van der Waals surface area contributed by atoms with Crippen molar-refractivity contribution in [3.8, 4) is 22.9 Å². The number of nitriles is 1. The number of aromatic hydroxyl groups is 1. The Hall–Kier alpha value is -3.85. The summed E-state index contributed by atoms with van der Waals surface area (Å²) in [6.07, 6.45) is 1.14. The van der Waals surface area contributed by atoms with Gasteiger partial charge in [0.15, 0.2) is 0 Å². The van der Waals surface area contributed by atoms with Crippen LogP contribution in [0.2, 0.25) is 0 Å². The quantitative estimate of drug-likeness (QED) is 0.601. The van der Waals surface area contributed by atoms with Gasteiger partial charge in [0.1, 0.15) is 17.9 Å². The molecule has 1 heterocycles. The van der Waals surface area contributed by atoms with Gasteiger partial charge in [0.25, 0.3) is 5.56 Å². The van der Waals surface area contributed by atoms with Crippen LogP contribution in [0.15, 0.2) is 53.3 Å². The highest BCUT2D eigenvalue weighted by Gasteiger charge is 2.22. The van der Waals surface area contributed by atoms with Crippen LogP contribution >= 0.6 is 0 Å². The van der Waals surface area contributed by atoms with Crippen molar-refractivity contribution in [1.82, 2.24) is 4.98 Å². The number of aromatic amines is 1. The summed E-state index contributed by atoms with van der Waals surface area (Å²) in [5.74, 6) is -1.02. The number of carbonyl (C=O) groups excluding carboxylic acids is 1. The van der Waals surface area contributed by atoms with Crippen molar-refractivity contribution < 1.29 is 14.6 Å². The van der Waals surface area contributed by atoms with Crippen molar-refractivity contribution in [2.24, 2.45) is 0 Å². The maximum atomic E-state index is 12.6. The third kappa shape index (κ3) is 4.26. The van der Waals surface area contributed by atoms with Crippen molar-refractivity contribution in [2.45, 2.75) is 33.3 Å². The van der Waals surface area contributed by atoms with E-state index in [-0.39, 0.29) is 23.5 Å². The molecule has 0 atom stereocenters. The fourth-order valence-electron chi connectivity index (χ4n) is 3.22. The SMILES string of the molecule is CCCc1[nH]c(=O)c(C)c(O)c1C(=O)OCc1ccc(-c2ccccc2C#N)cc1. The van der Waals surface area contributed by atoms with Gasteiger partial charge in [0.2, 0.25) is 0 Å². The van der Waals surface area contributed by atoms with Crippen molar-refractivity contribution in [2.75, 3.05) is 0 Å². The van der Waals surface area contributed by atoms with Crippen molar-refractivity contribution in [1.29, 1.82) is 5.26 Å². The number of hydrogen-bond donors (Lipinski definition) is 2. The maximum absolute atomic E-state index is 12.6. The Morgan fingerprint density at radius 1 is 1.17 bits per heavy atom. The number of nitrogens with zero attached hydrogens (tertiary/aromatic N) is 1. The monoisotopic (exact) mass is 402 g/mol. The number of rotatable bonds is 6.